The van der Waals surface area contributed by atoms with Crippen molar-refractivity contribution in [2.45, 2.75) is 50.4 Å². The van der Waals surface area contributed by atoms with Crippen molar-refractivity contribution in [1.82, 2.24) is 4.90 Å². The predicted molar refractivity (Wildman–Crippen MR) is 144 cm³/mol. The summed E-state index contributed by atoms with van der Waals surface area (Å²) in [7, 11) is 2.25. The van der Waals surface area contributed by atoms with E-state index in [0.717, 1.165) is 25.9 Å². The number of rotatable bonds is 3. The molecule has 3 nitrogen and oxygen atoms in total. The van der Waals surface area contributed by atoms with Crippen molar-refractivity contribution in [3.8, 4) is 5.75 Å². The summed E-state index contributed by atoms with van der Waals surface area (Å²) in [5.41, 5.74) is 6.86. The minimum Gasteiger partial charge on any atom is -0.508 e. The summed E-state index contributed by atoms with van der Waals surface area (Å²) < 4.78 is 13.7. The summed E-state index contributed by atoms with van der Waals surface area (Å²) in [6.45, 7) is 4.77. The number of phenolic OH excluding ortho intramolecular Hbond substituents is 1. The number of aryl methyl sites for hydroxylation is 1. The van der Waals surface area contributed by atoms with Crippen molar-refractivity contribution in [3.63, 3.8) is 0 Å². The molecule has 1 spiro atoms. The van der Waals surface area contributed by atoms with E-state index in [2.05, 4.69) is 47.2 Å². The number of phenols is 1. The molecule has 0 unspecified atom stereocenters. The van der Waals surface area contributed by atoms with E-state index < -0.39 is 0 Å². The molecular weight excluding hydrogens is 447 g/mol. The maximum Gasteiger partial charge on any atom is 0.123 e. The zero-order valence-corrected chi connectivity index (χ0v) is 21.3. The maximum absolute atomic E-state index is 13.7. The van der Waals surface area contributed by atoms with Gasteiger partial charge in [0.1, 0.15) is 11.6 Å². The second-order valence-electron chi connectivity index (χ2n) is 11.4. The molecule has 3 aromatic rings. The summed E-state index contributed by atoms with van der Waals surface area (Å²) in [5.74, 6) is 0.616. The molecule has 3 aromatic carbocycles. The fraction of sp³-hybridized carbons (Fsp3) is 0.438. The molecule has 3 aliphatic rings. The van der Waals surface area contributed by atoms with Crippen molar-refractivity contribution in [2.24, 2.45) is 5.41 Å². The summed E-state index contributed by atoms with van der Waals surface area (Å²) in [4.78, 5) is 5.04. The maximum atomic E-state index is 13.7. The predicted octanol–water partition coefficient (Wildman–Crippen LogP) is 6.71. The molecule has 0 bridgehead atoms. The van der Waals surface area contributed by atoms with Crippen LogP contribution in [0.25, 0.3) is 0 Å². The third-order valence-electron chi connectivity index (χ3n) is 9.38. The number of piperidine rings is 2. The zero-order valence-electron chi connectivity index (χ0n) is 21.3. The molecule has 0 aromatic heterocycles. The highest BCUT2D eigenvalue weighted by molar-refractivity contribution is 5.52. The molecule has 188 valence electrons. The molecule has 2 saturated heterocycles. The molecule has 1 aliphatic carbocycles. The number of likely N-dealkylation sites (tertiary alicyclic amines) is 1. The van der Waals surface area contributed by atoms with Gasteiger partial charge in [-0.2, -0.15) is 0 Å². The highest BCUT2D eigenvalue weighted by Crippen LogP contribution is 2.47. The van der Waals surface area contributed by atoms with Crippen molar-refractivity contribution in [3.05, 3.63) is 94.8 Å². The Morgan fingerprint density at radius 3 is 2.14 bits per heavy atom. The van der Waals surface area contributed by atoms with Crippen molar-refractivity contribution >= 4 is 5.69 Å². The molecule has 2 heterocycles. The first kappa shape index (κ1) is 23.5. The number of anilines is 1. The lowest BCUT2D eigenvalue weighted by molar-refractivity contribution is 0.0945. The number of halogens is 1. The Balaban J connectivity index is 1.25. The largest absolute Gasteiger partial charge is 0.508 e. The van der Waals surface area contributed by atoms with Crippen LogP contribution in [0.4, 0.5) is 10.1 Å². The van der Waals surface area contributed by atoms with E-state index in [9.17, 15) is 9.50 Å². The van der Waals surface area contributed by atoms with Gasteiger partial charge in [-0.15, -0.1) is 0 Å². The van der Waals surface area contributed by atoms with E-state index in [4.69, 9.17) is 0 Å². The number of aromatic hydroxyl groups is 1. The standard InChI is InChI=1S/C32H37FN2O/c1-34-18-14-32(15-19-34)16-20-35(21-17-32)27-9-4-24(5-10-27)31-29(23-2-7-26(33)8-3-23)12-6-25-22-28(36)11-13-30(25)31/h2-5,7-11,13,22,29,31,36H,6,12,14-21H2,1H3/t29-,31+/m1/s1. The van der Waals surface area contributed by atoms with E-state index in [1.165, 1.54) is 66.7 Å². The van der Waals surface area contributed by atoms with Crippen LogP contribution in [0.5, 0.6) is 5.75 Å². The average molecular weight is 485 g/mol. The van der Waals surface area contributed by atoms with Crippen molar-refractivity contribution in [1.29, 1.82) is 0 Å². The topological polar surface area (TPSA) is 26.7 Å². The van der Waals surface area contributed by atoms with Crippen LogP contribution in [0.1, 0.15) is 66.2 Å². The number of nitrogens with zero attached hydrogens (tertiary/aromatic N) is 2. The highest BCUT2D eigenvalue weighted by atomic mass is 19.1. The van der Waals surface area contributed by atoms with Gasteiger partial charge < -0.3 is 14.9 Å². The molecule has 36 heavy (non-hydrogen) atoms. The monoisotopic (exact) mass is 484 g/mol. The third kappa shape index (κ3) is 4.52. The molecule has 0 amide bonds. The minimum absolute atomic E-state index is 0.190. The lowest BCUT2D eigenvalue weighted by Crippen LogP contribution is -2.46. The Morgan fingerprint density at radius 1 is 0.806 bits per heavy atom. The lowest BCUT2D eigenvalue weighted by atomic mass is 9.69. The number of fused-ring (bicyclic) bond motifs is 1. The van der Waals surface area contributed by atoms with Crippen LogP contribution in [-0.2, 0) is 6.42 Å². The second-order valence-corrected chi connectivity index (χ2v) is 11.4. The molecule has 2 aliphatic heterocycles. The normalized spacial score (nSPS) is 24.0. The van der Waals surface area contributed by atoms with E-state index >= 15 is 0 Å². The first-order valence-corrected chi connectivity index (χ1v) is 13.6. The highest BCUT2D eigenvalue weighted by Gasteiger charge is 2.37. The van der Waals surface area contributed by atoms with Crippen LogP contribution in [-0.4, -0.2) is 43.2 Å². The van der Waals surface area contributed by atoms with E-state index in [1.807, 2.05) is 18.2 Å². The summed E-state index contributed by atoms with van der Waals surface area (Å²) in [6.07, 6.45) is 7.20. The quantitative estimate of drug-likeness (QED) is 0.448. The second kappa shape index (κ2) is 9.55. The molecule has 2 fully saturated rings. The first-order valence-electron chi connectivity index (χ1n) is 13.6. The van der Waals surface area contributed by atoms with Crippen LogP contribution in [0.15, 0.2) is 66.7 Å². The third-order valence-corrected chi connectivity index (χ3v) is 9.38. The lowest BCUT2D eigenvalue weighted by Gasteiger charge is -2.47. The summed E-state index contributed by atoms with van der Waals surface area (Å²) in [5, 5.41) is 10.1. The van der Waals surface area contributed by atoms with Crippen molar-refractivity contribution in [2.75, 3.05) is 38.1 Å². The van der Waals surface area contributed by atoms with E-state index in [-0.39, 0.29) is 17.7 Å². The molecular formula is C32H37FN2O. The average Bonchev–Trinajstić information content (AvgIpc) is 2.91. The molecule has 4 heteroatoms. The molecule has 0 radical (unpaired) electrons. The van der Waals surface area contributed by atoms with Gasteiger partial charge in [-0.3, -0.25) is 0 Å². The van der Waals surface area contributed by atoms with Crippen LogP contribution >= 0.6 is 0 Å². The van der Waals surface area contributed by atoms with Crippen LogP contribution < -0.4 is 4.90 Å². The van der Waals surface area contributed by atoms with Gasteiger partial charge in [0.15, 0.2) is 0 Å². The van der Waals surface area contributed by atoms with Crippen LogP contribution in [0.3, 0.4) is 0 Å². The minimum atomic E-state index is -0.190. The Kier molecular flexibility index (Phi) is 6.25. The summed E-state index contributed by atoms with van der Waals surface area (Å²) in [6, 6.07) is 22.1. The van der Waals surface area contributed by atoms with Crippen LogP contribution in [0, 0.1) is 11.2 Å². The van der Waals surface area contributed by atoms with Gasteiger partial charge in [-0.25, -0.2) is 4.39 Å². The smallest absolute Gasteiger partial charge is 0.123 e. The van der Waals surface area contributed by atoms with Gasteiger partial charge in [0.2, 0.25) is 0 Å². The Labute approximate surface area is 214 Å². The zero-order chi connectivity index (χ0) is 24.7. The fourth-order valence-corrected chi connectivity index (χ4v) is 7.01. The molecule has 0 saturated carbocycles. The number of benzene rings is 3. The van der Waals surface area contributed by atoms with Crippen molar-refractivity contribution < 1.29 is 9.50 Å². The molecule has 1 N–H and O–H groups in total. The number of hydrogen-bond donors (Lipinski definition) is 1. The summed E-state index contributed by atoms with van der Waals surface area (Å²) >= 11 is 0. The Hall–Kier alpha value is -2.85. The van der Waals surface area contributed by atoms with Gasteiger partial charge >= 0.3 is 0 Å². The van der Waals surface area contributed by atoms with E-state index in [1.54, 1.807) is 18.2 Å². The molecule has 6 rings (SSSR count). The Bertz CT molecular complexity index is 1190. The van der Waals surface area contributed by atoms with Gasteiger partial charge in [-0.05, 0) is 129 Å². The first-order chi connectivity index (χ1) is 17.5. The molecule has 2 atom stereocenters. The van der Waals surface area contributed by atoms with Gasteiger partial charge in [0, 0.05) is 24.7 Å². The number of hydrogen-bond acceptors (Lipinski definition) is 3. The fourth-order valence-electron chi connectivity index (χ4n) is 7.01. The Morgan fingerprint density at radius 2 is 1.44 bits per heavy atom. The van der Waals surface area contributed by atoms with Gasteiger partial charge in [0.05, 0.1) is 0 Å². The van der Waals surface area contributed by atoms with Gasteiger partial charge in [-0.1, -0.05) is 30.3 Å². The van der Waals surface area contributed by atoms with E-state index in [0.29, 0.717) is 11.2 Å². The van der Waals surface area contributed by atoms with Crippen LogP contribution in [0.2, 0.25) is 0 Å². The van der Waals surface area contributed by atoms with Gasteiger partial charge in [0.25, 0.3) is 0 Å². The SMILES string of the molecule is CN1CCC2(CC1)CCN(c1ccc([C@@H]3c4ccc(O)cc4CC[C@@H]3c3ccc(F)cc3)cc1)CC2.